The van der Waals surface area contributed by atoms with Gasteiger partial charge in [-0.2, -0.15) is 4.31 Å². The number of piperazine rings is 1. The van der Waals surface area contributed by atoms with E-state index in [1.54, 1.807) is 10.4 Å². The number of hydrogen-bond donors (Lipinski definition) is 1. The zero-order valence-electron chi connectivity index (χ0n) is 12.9. The highest BCUT2D eigenvalue weighted by Gasteiger charge is 2.31. The van der Waals surface area contributed by atoms with E-state index in [-0.39, 0.29) is 0 Å². The van der Waals surface area contributed by atoms with Crippen LogP contribution in [0.5, 0.6) is 0 Å². The van der Waals surface area contributed by atoms with Gasteiger partial charge in [-0.1, -0.05) is 23.7 Å². The standard InChI is InChI=1S/C16H21ClN2O3S/c17-13-2-1-3-14(12-13)18-8-10-19(11-9-18)23(21,22)16-6-4-15(20)5-7-16/h1-3,6,12,15,20H,4-5,7-11H2. The lowest BCUT2D eigenvalue weighted by atomic mass is 10.1. The molecule has 126 valence electrons. The summed E-state index contributed by atoms with van der Waals surface area (Å²) in [5.74, 6) is 0. The van der Waals surface area contributed by atoms with Crippen molar-refractivity contribution in [3.8, 4) is 0 Å². The summed E-state index contributed by atoms with van der Waals surface area (Å²) in [4.78, 5) is 2.61. The summed E-state index contributed by atoms with van der Waals surface area (Å²) in [6.07, 6.45) is 2.64. The number of sulfonamides is 1. The lowest BCUT2D eigenvalue weighted by molar-refractivity contribution is 0.163. The van der Waals surface area contributed by atoms with Gasteiger partial charge in [0.25, 0.3) is 0 Å². The largest absolute Gasteiger partial charge is 0.393 e. The smallest absolute Gasteiger partial charge is 0.239 e. The highest BCUT2D eigenvalue weighted by atomic mass is 35.5. The quantitative estimate of drug-likeness (QED) is 0.902. The van der Waals surface area contributed by atoms with Crippen LogP contribution in [0.2, 0.25) is 5.02 Å². The van der Waals surface area contributed by atoms with Crippen molar-refractivity contribution in [1.82, 2.24) is 4.31 Å². The Morgan fingerprint density at radius 3 is 2.52 bits per heavy atom. The van der Waals surface area contributed by atoms with E-state index in [0.717, 1.165) is 5.69 Å². The number of rotatable bonds is 3. The monoisotopic (exact) mass is 356 g/mol. The first-order valence-corrected chi connectivity index (χ1v) is 9.66. The molecule has 0 spiro atoms. The number of hydrogen-bond acceptors (Lipinski definition) is 4. The fourth-order valence-corrected chi connectivity index (χ4v) is 4.90. The van der Waals surface area contributed by atoms with E-state index in [9.17, 15) is 13.5 Å². The summed E-state index contributed by atoms with van der Waals surface area (Å²) in [6, 6.07) is 7.62. The molecule has 0 bridgehead atoms. The Labute approximate surface area is 142 Å². The number of anilines is 1. The van der Waals surface area contributed by atoms with Crippen molar-refractivity contribution >= 4 is 27.3 Å². The number of benzene rings is 1. The van der Waals surface area contributed by atoms with Crippen molar-refractivity contribution in [2.24, 2.45) is 0 Å². The zero-order valence-corrected chi connectivity index (χ0v) is 14.4. The van der Waals surface area contributed by atoms with Crippen LogP contribution in [0.4, 0.5) is 5.69 Å². The minimum absolute atomic E-state index is 0.409. The minimum atomic E-state index is -3.39. The van der Waals surface area contributed by atoms with E-state index in [1.165, 1.54) is 0 Å². The molecule has 5 nitrogen and oxygen atoms in total. The van der Waals surface area contributed by atoms with E-state index in [2.05, 4.69) is 4.90 Å². The maximum atomic E-state index is 12.7. The first-order valence-electron chi connectivity index (χ1n) is 7.84. The third kappa shape index (κ3) is 3.71. The number of aliphatic hydroxyl groups excluding tert-OH is 1. The first-order chi connectivity index (χ1) is 11.0. The third-order valence-corrected chi connectivity index (χ3v) is 6.74. The van der Waals surface area contributed by atoms with E-state index in [0.29, 0.717) is 55.4 Å². The Hall–Kier alpha value is -1.08. The molecule has 1 aliphatic heterocycles. The topological polar surface area (TPSA) is 60.9 Å². The molecule has 1 heterocycles. The Bertz CT molecular complexity index is 697. The lowest BCUT2D eigenvalue weighted by Gasteiger charge is -2.36. The maximum Gasteiger partial charge on any atom is 0.239 e. The van der Waals surface area contributed by atoms with Gasteiger partial charge < -0.3 is 10.0 Å². The summed E-state index contributed by atoms with van der Waals surface area (Å²) >= 11 is 6.02. The average molecular weight is 357 g/mol. The van der Waals surface area contributed by atoms with Gasteiger partial charge in [0, 0.05) is 36.9 Å². The predicted octanol–water partition coefficient (Wildman–Crippen LogP) is 2.22. The Morgan fingerprint density at radius 1 is 1.17 bits per heavy atom. The second kappa shape index (κ2) is 6.81. The molecule has 3 rings (SSSR count). The van der Waals surface area contributed by atoms with Gasteiger partial charge in [0.15, 0.2) is 0 Å². The normalized spacial score (nSPS) is 23.7. The predicted molar refractivity (Wildman–Crippen MR) is 92.1 cm³/mol. The Morgan fingerprint density at radius 2 is 1.91 bits per heavy atom. The molecule has 0 aromatic heterocycles. The lowest BCUT2D eigenvalue weighted by Crippen LogP contribution is -2.49. The van der Waals surface area contributed by atoms with Crippen LogP contribution in [0.1, 0.15) is 19.3 Å². The first kappa shape index (κ1) is 16.8. The summed E-state index contributed by atoms with van der Waals surface area (Å²) in [6.45, 7) is 2.23. The minimum Gasteiger partial charge on any atom is -0.393 e. The van der Waals surface area contributed by atoms with Gasteiger partial charge in [-0.3, -0.25) is 0 Å². The molecule has 1 fully saturated rings. The molecule has 1 N–H and O–H groups in total. The second-order valence-corrected chi connectivity index (χ2v) is 8.40. The average Bonchev–Trinajstić information content (AvgIpc) is 2.55. The van der Waals surface area contributed by atoms with Gasteiger partial charge >= 0.3 is 0 Å². The molecule has 1 aromatic carbocycles. The number of halogens is 1. The summed E-state index contributed by atoms with van der Waals surface area (Å²) < 4.78 is 26.9. The second-order valence-electron chi connectivity index (χ2n) is 5.97. The number of allylic oxidation sites excluding steroid dienone is 1. The van der Waals surface area contributed by atoms with Crippen LogP contribution in [-0.2, 0) is 10.0 Å². The molecule has 1 atom stereocenters. The van der Waals surface area contributed by atoms with Gasteiger partial charge in [0.2, 0.25) is 10.0 Å². The number of aliphatic hydroxyl groups is 1. The molecule has 2 aliphatic rings. The van der Waals surface area contributed by atoms with Crippen LogP contribution in [0.3, 0.4) is 0 Å². The summed E-state index contributed by atoms with van der Waals surface area (Å²) in [5, 5.41) is 10.2. The molecule has 1 saturated heterocycles. The molecule has 7 heteroatoms. The van der Waals surface area contributed by atoms with E-state index in [1.807, 2.05) is 24.3 Å². The summed E-state index contributed by atoms with van der Waals surface area (Å²) in [5.41, 5.74) is 1.02. The van der Waals surface area contributed by atoms with Crippen LogP contribution >= 0.6 is 11.6 Å². The van der Waals surface area contributed by atoms with Gasteiger partial charge in [-0.05, 0) is 37.5 Å². The molecule has 23 heavy (non-hydrogen) atoms. The maximum absolute atomic E-state index is 12.7. The van der Waals surface area contributed by atoms with E-state index < -0.39 is 16.1 Å². The van der Waals surface area contributed by atoms with E-state index in [4.69, 9.17) is 11.6 Å². The van der Waals surface area contributed by atoms with Gasteiger partial charge in [0.1, 0.15) is 0 Å². The number of nitrogens with zero attached hydrogens (tertiary/aromatic N) is 2. The van der Waals surface area contributed by atoms with Crippen LogP contribution < -0.4 is 4.90 Å². The fraction of sp³-hybridized carbons (Fsp3) is 0.500. The van der Waals surface area contributed by atoms with Crippen molar-refractivity contribution in [1.29, 1.82) is 0 Å². The van der Waals surface area contributed by atoms with Gasteiger partial charge in [0.05, 0.1) is 11.0 Å². The van der Waals surface area contributed by atoms with Crippen molar-refractivity contribution in [3.63, 3.8) is 0 Å². The highest BCUT2D eigenvalue weighted by Crippen LogP contribution is 2.27. The highest BCUT2D eigenvalue weighted by molar-refractivity contribution is 7.93. The van der Waals surface area contributed by atoms with Crippen molar-refractivity contribution < 1.29 is 13.5 Å². The van der Waals surface area contributed by atoms with Gasteiger partial charge in [-0.25, -0.2) is 8.42 Å². The Balaban J connectivity index is 1.66. The molecule has 1 aliphatic carbocycles. The van der Waals surface area contributed by atoms with Crippen LogP contribution in [0.15, 0.2) is 35.2 Å². The molecule has 1 aromatic rings. The fourth-order valence-electron chi connectivity index (χ4n) is 3.06. The molecular formula is C16H21ClN2O3S. The van der Waals surface area contributed by atoms with Gasteiger partial charge in [-0.15, -0.1) is 0 Å². The molecule has 1 unspecified atom stereocenters. The van der Waals surface area contributed by atoms with Crippen molar-refractivity contribution in [2.75, 3.05) is 31.1 Å². The van der Waals surface area contributed by atoms with Crippen LogP contribution in [0.25, 0.3) is 0 Å². The van der Waals surface area contributed by atoms with Crippen LogP contribution in [-0.4, -0.2) is 50.1 Å². The third-order valence-electron chi connectivity index (χ3n) is 4.42. The Kier molecular flexibility index (Phi) is 4.96. The molecule has 0 amide bonds. The molecule has 0 saturated carbocycles. The van der Waals surface area contributed by atoms with Crippen molar-refractivity contribution in [2.45, 2.75) is 25.4 Å². The SMILES string of the molecule is O=S(=O)(C1=CCC(O)CC1)N1CCN(c2cccc(Cl)c2)CC1. The van der Waals surface area contributed by atoms with Crippen LogP contribution in [0, 0.1) is 0 Å². The molecule has 0 radical (unpaired) electrons. The van der Waals surface area contributed by atoms with Crippen molar-refractivity contribution in [3.05, 3.63) is 40.3 Å². The zero-order chi connectivity index (χ0) is 16.4. The van der Waals surface area contributed by atoms with E-state index >= 15 is 0 Å². The summed E-state index contributed by atoms with van der Waals surface area (Å²) in [7, 11) is -3.39. The molecular weight excluding hydrogens is 336 g/mol.